The summed E-state index contributed by atoms with van der Waals surface area (Å²) < 4.78 is 0.978. The lowest BCUT2D eigenvalue weighted by atomic mass is 10.0. The van der Waals surface area contributed by atoms with Gasteiger partial charge in [0, 0.05) is 4.47 Å². The third-order valence-corrected chi connectivity index (χ3v) is 2.70. The Balaban J connectivity index is 3.20. The van der Waals surface area contributed by atoms with E-state index in [9.17, 15) is 0 Å². The molecule has 72 valence electrons. The van der Waals surface area contributed by atoms with Crippen LogP contribution < -0.4 is 5.73 Å². The molecular formula is C10H14BrNO. The van der Waals surface area contributed by atoms with Gasteiger partial charge in [-0.15, -0.1) is 0 Å². The van der Waals surface area contributed by atoms with Crippen molar-refractivity contribution in [1.82, 2.24) is 0 Å². The van der Waals surface area contributed by atoms with Crippen LogP contribution in [0.4, 0.5) is 0 Å². The van der Waals surface area contributed by atoms with Crippen molar-refractivity contribution in [3.8, 4) is 0 Å². The summed E-state index contributed by atoms with van der Waals surface area (Å²) in [6.07, 6.45) is 0. The van der Waals surface area contributed by atoms with Gasteiger partial charge in [0.2, 0.25) is 0 Å². The highest BCUT2D eigenvalue weighted by Crippen LogP contribution is 2.26. The summed E-state index contributed by atoms with van der Waals surface area (Å²) in [5, 5.41) is 8.96. The van der Waals surface area contributed by atoms with Crippen LogP contribution in [0.1, 0.15) is 22.7 Å². The summed E-state index contributed by atoms with van der Waals surface area (Å²) >= 11 is 3.45. The predicted octanol–water partition coefficient (Wildman–Crippen LogP) is 2.06. The first-order valence-corrected chi connectivity index (χ1v) is 4.98. The minimum Gasteiger partial charge on any atom is -0.394 e. The molecule has 13 heavy (non-hydrogen) atoms. The lowest BCUT2D eigenvalue weighted by molar-refractivity contribution is 0.267. The van der Waals surface area contributed by atoms with Gasteiger partial charge in [-0.2, -0.15) is 0 Å². The van der Waals surface area contributed by atoms with Crippen molar-refractivity contribution < 1.29 is 5.11 Å². The number of rotatable bonds is 2. The normalized spacial score (nSPS) is 13.0. The van der Waals surface area contributed by atoms with Gasteiger partial charge in [0.15, 0.2) is 0 Å². The number of aryl methyl sites for hydroxylation is 2. The largest absolute Gasteiger partial charge is 0.394 e. The van der Waals surface area contributed by atoms with E-state index in [1.165, 1.54) is 5.56 Å². The van der Waals surface area contributed by atoms with E-state index < -0.39 is 0 Å². The molecule has 0 spiro atoms. The summed E-state index contributed by atoms with van der Waals surface area (Å²) in [5.41, 5.74) is 9.07. The molecule has 0 aliphatic heterocycles. The number of hydrogen-bond acceptors (Lipinski definition) is 2. The van der Waals surface area contributed by atoms with E-state index in [-0.39, 0.29) is 12.6 Å². The highest BCUT2D eigenvalue weighted by Gasteiger charge is 2.11. The van der Waals surface area contributed by atoms with Crippen LogP contribution in [-0.4, -0.2) is 11.7 Å². The quantitative estimate of drug-likeness (QED) is 0.836. The van der Waals surface area contributed by atoms with Crippen molar-refractivity contribution in [2.24, 2.45) is 5.73 Å². The third kappa shape index (κ3) is 2.30. The Kier molecular flexibility index (Phi) is 3.47. The first kappa shape index (κ1) is 10.7. The fourth-order valence-electron chi connectivity index (χ4n) is 1.49. The molecule has 1 rings (SSSR count). The molecule has 0 saturated heterocycles. The molecule has 1 unspecified atom stereocenters. The average Bonchev–Trinajstić information content (AvgIpc) is 2.02. The Morgan fingerprint density at radius 2 is 2.08 bits per heavy atom. The van der Waals surface area contributed by atoms with Crippen molar-refractivity contribution in [3.05, 3.63) is 33.3 Å². The fraction of sp³-hybridized carbons (Fsp3) is 0.400. The Morgan fingerprint density at radius 1 is 1.46 bits per heavy atom. The van der Waals surface area contributed by atoms with Gasteiger partial charge in [0.25, 0.3) is 0 Å². The Bertz CT molecular complexity index is 289. The maximum atomic E-state index is 8.96. The van der Waals surface area contributed by atoms with E-state index in [0.29, 0.717) is 0 Å². The summed E-state index contributed by atoms with van der Waals surface area (Å²) in [5.74, 6) is 0. The van der Waals surface area contributed by atoms with Crippen LogP contribution in [0.3, 0.4) is 0 Å². The molecule has 0 aliphatic rings. The second-order valence-electron chi connectivity index (χ2n) is 3.27. The number of aliphatic hydroxyl groups is 1. The van der Waals surface area contributed by atoms with E-state index in [4.69, 9.17) is 10.8 Å². The summed E-state index contributed by atoms with van der Waals surface area (Å²) in [7, 11) is 0. The van der Waals surface area contributed by atoms with Gasteiger partial charge < -0.3 is 10.8 Å². The average molecular weight is 244 g/mol. The van der Waals surface area contributed by atoms with Gasteiger partial charge in [-0.3, -0.25) is 0 Å². The van der Waals surface area contributed by atoms with Crippen molar-refractivity contribution >= 4 is 15.9 Å². The number of aliphatic hydroxyl groups excluding tert-OH is 1. The lowest BCUT2D eigenvalue weighted by Gasteiger charge is -2.14. The van der Waals surface area contributed by atoms with Crippen LogP contribution in [-0.2, 0) is 0 Å². The van der Waals surface area contributed by atoms with Crippen LogP contribution in [0.25, 0.3) is 0 Å². The van der Waals surface area contributed by atoms with Gasteiger partial charge in [0.05, 0.1) is 12.6 Å². The van der Waals surface area contributed by atoms with Gasteiger partial charge in [-0.25, -0.2) is 0 Å². The maximum absolute atomic E-state index is 8.96. The molecule has 3 heteroatoms. The van der Waals surface area contributed by atoms with Crippen LogP contribution in [0, 0.1) is 13.8 Å². The predicted molar refractivity (Wildman–Crippen MR) is 57.6 cm³/mol. The molecule has 1 atom stereocenters. The smallest absolute Gasteiger partial charge is 0.0624 e. The minimum absolute atomic E-state index is 0.0253. The van der Waals surface area contributed by atoms with E-state index in [1.54, 1.807) is 0 Å². The van der Waals surface area contributed by atoms with Gasteiger partial charge in [0.1, 0.15) is 0 Å². The summed E-state index contributed by atoms with van der Waals surface area (Å²) in [6.45, 7) is 4.01. The van der Waals surface area contributed by atoms with Crippen LogP contribution in [0.5, 0.6) is 0 Å². The SMILES string of the molecule is Cc1cc(C)c(C(N)CO)c(Br)c1. The zero-order valence-electron chi connectivity index (χ0n) is 7.84. The molecule has 3 N–H and O–H groups in total. The molecular weight excluding hydrogens is 230 g/mol. The molecule has 0 amide bonds. The number of benzene rings is 1. The zero-order chi connectivity index (χ0) is 10.0. The Labute approximate surface area is 86.9 Å². The fourth-order valence-corrected chi connectivity index (χ4v) is 2.46. The number of nitrogens with two attached hydrogens (primary N) is 1. The molecule has 0 aliphatic carbocycles. The molecule has 0 aromatic heterocycles. The Hall–Kier alpha value is -0.380. The summed E-state index contributed by atoms with van der Waals surface area (Å²) in [4.78, 5) is 0. The molecule has 1 aromatic rings. The molecule has 0 saturated carbocycles. The molecule has 1 aromatic carbocycles. The van der Waals surface area contributed by atoms with Crippen molar-refractivity contribution in [2.45, 2.75) is 19.9 Å². The third-order valence-electron chi connectivity index (χ3n) is 2.05. The zero-order valence-corrected chi connectivity index (χ0v) is 9.43. The molecule has 0 radical (unpaired) electrons. The van der Waals surface area contributed by atoms with Crippen LogP contribution in [0.15, 0.2) is 16.6 Å². The van der Waals surface area contributed by atoms with Gasteiger partial charge in [-0.1, -0.05) is 22.0 Å². The standard InChI is InChI=1S/C10H14BrNO/c1-6-3-7(2)10(8(11)4-6)9(12)5-13/h3-4,9,13H,5,12H2,1-2H3. The van der Waals surface area contributed by atoms with Crippen LogP contribution >= 0.6 is 15.9 Å². The van der Waals surface area contributed by atoms with Crippen molar-refractivity contribution in [3.63, 3.8) is 0 Å². The highest BCUT2D eigenvalue weighted by atomic mass is 79.9. The number of hydrogen-bond donors (Lipinski definition) is 2. The lowest BCUT2D eigenvalue weighted by Crippen LogP contribution is -2.16. The van der Waals surface area contributed by atoms with Crippen LogP contribution in [0.2, 0.25) is 0 Å². The first-order valence-electron chi connectivity index (χ1n) is 4.19. The maximum Gasteiger partial charge on any atom is 0.0624 e. The number of halogens is 1. The van der Waals surface area contributed by atoms with Gasteiger partial charge >= 0.3 is 0 Å². The Morgan fingerprint density at radius 3 is 2.54 bits per heavy atom. The highest BCUT2D eigenvalue weighted by molar-refractivity contribution is 9.10. The van der Waals surface area contributed by atoms with E-state index in [2.05, 4.69) is 22.0 Å². The van der Waals surface area contributed by atoms with E-state index in [1.807, 2.05) is 19.9 Å². The van der Waals surface area contributed by atoms with E-state index in [0.717, 1.165) is 15.6 Å². The van der Waals surface area contributed by atoms with Gasteiger partial charge in [-0.05, 0) is 36.6 Å². The second kappa shape index (κ2) is 4.22. The van der Waals surface area contributed by atoms with Crippen molar-refractivity contribution in [1.29, 1.82) is 0 Å². The molecule has 2 nitrogen and oxygen atoms in total. The van der Waals surface area contributed by atoms with Crippen molar-refractivity contribution in [2.75, 3.05) is 6.61 Å². The molecule has 0 heterocycles. The molecule has 0 fully saturated rings. The first-order chi connectivity index (χ1) is 6.06. The second-order valence-corrected chi connectivity index (χ2v) is 4.12. The monoisotopic (exact) mass is 243 g/mol. The van der Waals surface area contributed by atoms with E-state index >= 15 is 0 Å². The summed E-state index contributed by atoms with van der Waals surface area (Å²) in [6, 6.07) is 3.78. The topological polar surface area (TPSA) is 46.2 Å². The minimum atomic E-state index is -0.296. The molecule has 0 bridgehead atoms.